The van der Waals surface area contributed by atoms with Crippen LogP contribution in [-0.2, 0) is 19.9 Å². The lowest BCUT2D eigenvalue weighted by Crippen LogP contribution is -2.17. The van der Waals surface area contributed by atoms with Crippen molar-refractivity contribution in [2.45, 2.75) is 234 Å². The molecule has 0 saturated carbocycles. The summed E-state index contributed by atoms with van der Waals surface area (Å²) in [6, 6.07) is 13.0. The zero-order chi connectivity index (χ0) is 39.8. The Hall–Kier alpha value is -1.41. The molecule has 0 aliphatic carbocycles. The Morgan fingerprint density at radius 3 is 1.41 bits per heavy atom. The molecule has 1 atom stereocenters. The van der Waals surface area contributed by atoms with Gasteiger partial charge in [-0.25, -0.2) is 0 Å². The van der Waals surface area contributed by atoms with Crippen molar-refractivity contribution < 1.29 is 13.6 Å². The van der Waals surface area contributed by atoms with Crippen LogP contribution in [0.25, 0.3) is 0 Å². The largest absolute Gasteiger partial charge is 0.426 e. The first-order valence-corrected chi connectivity index (χ1v) is 23.8. The van der Waals surface area contributed by atoms with Gasteiger partial charge in [-0.3, -0.25) is 0 Å². The summed E-state index contributed by atoms with van der Waals surface area (Å²) in [4.78, 5) is 0. The summed E-state index contributed by atoms with van der Waals surface area (Å²) in [7, 11) is -1.49. The van der Waals surface area contributed by atoms with Crippen molar-refractivity contribution in [2.75, 3.05) is 13.2 Å². The highest BCUT2D eigenvalue weighted by Gasteiger charge is 2.28. The third-order valence-electron chi connectivity index (χ3n) is 11.1. The minimum absolute atomic E-state index is 0.0570. The van der Waals surface area contributed by atoms with E-state index in [-0.39, 0.29) is 10.8 Å². The van der Waals surface area contributed by atoms with E-state index in [1.807, 2.05) is 0 Å². The summed E-state index contributed by atoms with van der Waals surface area (Å²) >= 11 is 0. The number of aryl methyl sites for hydroxylation is 2. The molecule has 0 saturated heterocycles. The molecular weight excluding hydrogens is 680 g/mol. The molecule has 0 amide bonds. The van der Waals surface area contributed by atoms with Crippen LogP contribution in [0.4, 0.5) is 0 Å². The van der Waals surface area contributed by atoms with Gasteiger partial charge in [0, 0.05) is 11.5 Å². The standard InChI is InChI=1S/C50H86O3P/c1-12-15-17-19-21-23-25-27-29-31-36-51-54(52-37-32-30-28-26-24-22-20-18-16-13-2)53-48-38-42(5)46(40-47(48)50(9,10)11)44(33-14-3)45-39-43(49(6,7)8)35-34-41(45)4/h34,38-40,44H,12-33,36-37H2,1-11H3. The van der Waals surface area contributed by atoms with Crippen LogP contribution >= 0.6 is 8.60 Å². The quantitative estimate of drug-likeness (QED) is 0.0585. The van der Waals surface area contributed by atoms with Crippen molar-refractivity contribution >= 4 is 8.60 Å². The van der Waals surface area contributed by atoms with Gasteiger partial charge in [-0.05, 0) is 83.9 Å². The molecule has 1 radical (unpaired) electrons. The third kappa shape index (κ3) is 19.2. The van der Waals surface area contributed by atoms with E-state index >= 15 is 0 Å². The second-order valence-corrected chi connectivity index (χ2v) is 19.5. The summed E-state index contributed by atoms with van der Waals surface area (Å²) in [6.07, 6.45) is 28.5. The van der Waals surface area contributed by atoms with E-state index in [1.165, 1.54) is 149 Å². The molecule has 0 aromatic heterocycles. The summed E-state index contributed by atoms with van der Waals surface area (Å²) in [6.45, 7) is 26.6. The molecule has 0 N–H and O–H groups in total. The minimum atomic E-state index is -1.49. The zero-order valence-electron chi connectivity index (χ0n) is 37.5. The molecule has 0 fully saturated rings. The van der Waals surface area contributed by atoms with E-state index in [2.05, 4.69) is 106 Å². The van der Waals surface area contributed by atoms with Gasteiger partial charge in [0.05, 0.1) is 13.2 Å². The molecule has 0 bridgehead atoms. The molecule has 2 aromatic rings. The Kier molecular flexibility index (Phi) is 24.6. The minimum Gasteiger partial charge on any atom is -0.426 e. The van der Waals surface area contributed by atoms with Gasteiger partial charge in [-0.2, -0.15) is 0 Å². The van der Waals surface area contributed by atoms with Crippen LogP contribution < -0.4 is 4.52 Å². The average molecular weight is 766 g/mol. The van der Waals surface area contributed by atoms with Gasteiger partial charge in [0.2, 0.25) is 0 Å². The Labute approximate surface area is 337 Å². The lowest BCUT2D eigenvalue weighted by atomic mass is 9.77. The molecule has 2 rings (SSSR count). The van der Waals surface area contributed by atoms with Crippen LogP contribution in [0.15, 0.2) is 24.3 Å². The van der Waals surface area contributed by atoms with E-state index in [1.54, 1.807) is 0 Å². The maximum absolute atomic E-state index is 6.84. The first kappa shape index (κ1) is 48.7. The molecule has 3 nitrogen and oxygen atoms in total. The van der Waals surface area contributed by atoms with Crippen molar-refractivity contribution in [3.63, 3.8) is 0 Å². The fourth-order valence-electron chi connectivity index (χ4n) is 7.52. The van der Waals surface area contributed by atoms with Crippen LogP contribution in [0, 0.1) is 19.9 Å². The SMILES string of the molecule is CCCCCCCCCCCCOP(OCCCCCCCCCCCC)Oc1cc(C)c(C(CCC)c2cc(C(C)(C)C)[c]cc2C)cc1C(C)(C)C. The molecular formula is C50H86O3P. The van der Waals surface area contributed by atoms with Gasteiger partial charge >= 0.3 is 8.60 Å². The maximum atomic E-state index is 6.84. The molecule has 0 heterocycles. The number of hydrogen-bond acceptors (Lipinski definition) is 3. The van der Waals surface area contributed by atoms with Crippen LogP contribution in [0.3, 0.4) is 0 Å². The Balaban J connectivity index is 2.19. The fourth-order valence-corrected chi connectivity index (χ4v) is 8.57. The first-order chi connectivity index (χ1) is 25.8. The van der Waals surface area contributed by atoms with Crippen molar-refractivity contribution in [2.24, 2.45) is 0 Å². The molecule has 2 aromatic carbocycles. The van der Waals surface area contributed by atoms with Gasteiger partial charge in [0.15, 0.2) is 0 Å². The monoisotopic (exact) mass is 766 g/mol. The number of rotatable bonds is 30. The average Bonchev–Trinajstić information content (AvgIpc) is 3.11. The molecule has 1 unspecified atom stereocenters. The highest BCUT2D eigenvalue weighted by Crippen LogP contribution is 2.47. The number of benzene rings is 2. The summed E-state index contributed by atoms with van der Waals surface area (Å²) in [5.74, 6) is 1.24. The van der Waals surface area contributed by atoms with Gasteiger partial charge in [0.1, 0.15) is 5.75 Å². The van der Waals surface area contributed by atoms with E-state index in [9.17, 15) is 0 Å². The molecule has 0 aliphatic heterocycles. The second kappa shape index (κ2) is 27.3. The van der Waals surface area contributed by atoms with Crippen LogP contribution in [-0.4, -0.2) is 13.2 Å². The molecule has 0 aliphatic rings. The van der Waals surface area contributed by atoms with Gasteiger partial charge < -0.3 is 13.6 Å². The topological polar surface area (TPSA) is 27.7 Å². The normalized spacial score (nSPS) is 12.9. The lowest BCUT2D eigenvalue weighted by molar-refractivity contribution is 0.197. The smallest absolute Gasteiger partial charge is 0.397 e. The summed E-state index contributed by atoms with van der Waals surface area (Å²) < 4.78 is 19.8. The predicted octanol–water partition coefficient (Wildman–Crippen LogP) is 17.1. The van der Waals surface area contributed by atoms with E-state index in [0.29, 0.717) is 19.1 Å². The van der Waals surface area contributed by atoms with Crippen LogP contribution in [0.1, 0.15) is 243 Å². The van der Waals surface area contributed by atoms with Gasteiger partial charge in [-0.1, -0.05) is 203 Å². The molecule has 0 spiro atoms. The summed E-state index contributed by atoms with van der Waals surface area (Å²) in [5.41, 5.74) is 7.91. The van der Waals surface area contributed by atoms with E-state index in [0.717, 1.165) is 31.4 Å². The first-order valence-electron chi connectivity index (χ1n) is 22.7. The molecule has 54 heavy (non-hydrogen) atoms. The summed E-state index contributed by atoms with van der Waals surface area (Å²) in [5, 5.41) is 0. The van der Waals surface area contributed by atoms with E-state index in [4.69, 9.17) is 13.6 Å². The lowest BCUT2D eigenvalue weighted by Gasteiger charge is -2.30. The fraction of sp³-hybridized carbons (Fsp3) is 0.760. The van der Waals surface area contributed by atoms with Crippen molar-refractivity contribution in [1.29, 1.82) is 0 Å². The Morgan fingerprint density at radius 2 is 0.981 bits per heavy atom. The van der Waals surface area contributed by atoms with Crippen molar-refractivity contribution in [1.82, 2.24) is 0 Å². The highest BCUT2D eigenvalue weighted by molar-refractivity contribution is 7.42. The van der Waals surface area contributed by atoms with Crippen molar-refractivity contribution in [3.05, 3.63) is 63.7 Å². The highest BCUT2D eigenvalue weighted by atomic mass is 31.2. The predicted molar refractivity (Wildman–Crippen MR) is 238 cm³/mol. The van der Waals surface area contributed by atoms with Gasteiger partial charge in [0.25, 0.3) is 0 Å². The maximum Gasteiger partial charge on any atom is 0.397 e. The zero-order valence-corrected chi connectivity index (χ0v) is 38.4. The van der Waals surface area contributed by atoms with Crippen LogP contribution in [0.5, 0.6) is 5.75 Å². The number of unbranched alkanes of at least 4 members (excludes halogenated alkanes) is 18. The Morgan fingerprint density at radius 1 is 0.537 bits per heavy atom. The van der Waals surface area contributed by atoms with Gasteiger partial charge in [-0.15, -0.1) is 0 Å². The molecule has 309 valence electrons. The molecule has 4 heteroatoms. The third-order valence-corrected chi connectivity index (χ3v) is 12.2. The van der Waals surface area contributed by atoms with Crippen molar-refractivity contribution in [3.8, 4) is 5.75 Å². The Bertz CT molecular complexity index is 1230. The number of hydrogen-bond donors (Lipinski definition) is 0. The van der Waals surface area contributed by atoms with Crippen LogP contribution in [0.2, 0.25) is 0 Å². The second-order valence-electron chi connectivity index (χ2n) is 18.4. The van der Waals surface area contributed by atoms with E-state index < -0.39 is 8.60 Å².